The van der Waals surface area contributed by atoms with Crippen LogP contribution in [0.1, 0.15) is 11.1 Å². The van der Waals surface area contributed by atoms with Crippen LogP contribution in [0, 0.1) is 6.92 Å². The first-order chi connectivity index (χ1) is 9.90. The van der Waals surface area contributed by atoms with Gasteiger partial charge in [0, 0.05) is 5.56 Å². The summed E-state index contributed by atoms with van der Waals surface area (Å²) >= 11 is 11.9. The standard InChI is InChI=1S/C14H12Cl2N2O2S/c1-10-6-8-11(9-7-10)21(19,20)18-17-14(16)12-4-2-3-5-13(12)15/h2-9,18H,1H3/b17-14+. The molecular weight excluding hydrogens is 331 g/mol. The second kappa shape index (κ2) is 6.47. The van der Waals surface area contributed by atoms with Crippen LogP contribution in [0.25, 0.3) is 0 Å². The first-order valence-corrected chi connectivity index (χ1v) is 8.20. The van der Waals surface area contributed by atoms with Gasteiger partial charge in [0.15, 0.2) is 5.17 Å². The molecule has 0 aliphatic carbocycles. The highest BCUT2D eigenvalue weighted by molar-refractivity contribution is 7.89. The number of aryl methyl sites for hydroxylation is 1. The van der Waals surface area contributed by atoms with Crippen molar-refractivity contribution in [3.8, 4) is 0 Å². The Morgan fingerprint density at radius 2 is 1.71 bits per heavy atom. The Balaban J connectivity index is 2.23. The lowest BCUT2D eigenvalue weighted by atomic mass is 10.2. The van der Waals surface area contributed by atoms with Gasteiger partial charge in [-0.3, -0.25) is 0 Å². The Bertz CT molecular complexity index is 772. The van der Waals surface area contributed by atoms with Crippen molar-refractivity contribution in [3.63, 3.8) is 0 Å². The van der Waals surface area contributed by atoms with Gasteiger partial charge in [-0.1, -0.05) is 59.1 Å². The molecule has 0 aromatic heterocycles. The lowest BCUT2D eigenvalue weighted by molar-refractivity contribution is 0.584. The Morgan fingerprint density at radius 3 is 2.33 bits per heavy atom. The first-order valence-electron chi connectivity index (χ1n) is 5.97. The number of halogens is 2. The third-order valence-corrected chi connectivity index (χ3v) is 4.53. The van der Waals surface area contributed by atoms with Crippen LogP contribution in [0.3, 0.4) is 0 Å². The predicted octanol–water partition coefficient (Wildman–Crippen LogP) is 3.53. The van der Waals surface area contributed by atoms with Gasteiger partial charge in [-0.15, -0.1) is 0 Å². The van der Waals surface area contributed by atoms with E-state index in [1.54, 1.807) is 36.4 Å². The largest absolute Gasteiger partial charge is 0.276 e. The van der Waals surface area contributed by atoms with Crippen molar-refractivity contribution < 1.29 is 8.42 Å². The number of rotatable bonds is 4. The van der Waals surface area contributed by atoms with Crippen LogP contribution in [0.2, 0.25) is 5.02 Å². The summed E-state index contributed by atoms with van der Waals surface area (Å²) in [5, 5.41) is 4.04. The van der Waals surface area contributed by atoms with E-state index in [0.29, 0.717) is 10.6 Å². The second-order valence-electron chi connectivity index (χ2n) is 4.29. The van der Waals surface area contributed by atoms with Crippen LogP contribution in [0.15, 0.2) is 58.5 Å². The maximum atomic E-state index is 12.1. The molecule has 2 aromatic rings. The molecule has 7 heteroatoms. The van der Waals surface area contributed by atoms with Crippen molar-refractivity contribution in [1.29, 1.82) is 0 Å². The number of benzene rings is 2. The Morgan fingerprint density at radius 1 is 1.10 bits per heavy atom. The highest BCUT2D eigenvalue weighted by Gasteiger charge is 2.13. The molecule has 2 rings (SSSR count). The maximum absolute atomic E-state index is 12.1. The van der Waals surface area contributed by atoms with Crippen molar-refractivity contribution in [1.82, 2.24) is 4.83 Å². The van der Waals surface area contributed by atoms with Gasteiger partial charge in [-0.05, 0) is 25.1 Å². The van der Waals surface area contributed by atoms with Crippen LogP contribution in [0.4, 0.5) is 0 Å². The summed E-state index contributed by atoms with van der Waals surface area (Å²) in [5.41, 5.74) is 1.42. The van der Waals surface area contributed by atoms with E-state index in [1.807, 2.05) is 6.92 Å². The summed E-state index contributed by atoms with van der Waals surface area (Å²) in [7, 11) is -3.76. The Hall–Kier alpha value is -1.56. The summed E-state index contributed by atoms with van der Waals surface area (Å²) in [6.45, 7) is 1.87. The molecule has 0 bridgehead atoms. The van der Waals surface area contributed by atoms with Gasteiger partial charge in [0.25, 0.3) is 10.0 Å². The van der Waals surface area contributed by atoms with E-state index in [-0.39, 0.29) is 10.1 Å². The third-order valence-electron chi connectivity index (χ3n) is 2.69. The van der Waals surface area contributed by atoms with Gasteiger partial charge in [-0.2, -0.15) is 18.4 Å². The summed E-state index contributed by atoms with van der Waals surface area (Å²) < 4.78 is 24.1. The molecule has 0 spiro atoms. The van der Waals surface area contributed by atoms with E-state index in [4.69, 9.17) is 23.2 Å². The molecule has 0 heterocycles. The molecule has 0 aliphatic rings. The van der Waals surface area contributed by atoms with E-state index >= 15 is 0 Å². The molecule has 0 radical (unpaired) electrons. The summed E-state index contributed by atoms with van der Waals surface area (Å²) in [4.78, 5) is 2.20. The Labute approximate surface area is 133 Å². The number of hydrazone groups is 1. The molecule has 4 nitrogen and oxygen atoms in total. The minimum Gasteiger partial charge on any atom is -0.200 e. The molecule has 1 N–H and O–H groups in total. The highest BCUT2D eigenvalue weighted by Crippen LogP contribution is 2.18. The Kier molecular flexibility index (Phi) is 4.88. The maximum Gasteiger partial charge on any atom is 0.276 e. The van der Waals surface area contributed by atoms with Crippen LogP contribution in [-0.4, -0.2) is 13.6 Å². The number of nitrogens with zero attached hydrogens (tertiary/aromatic N) is 1. The molecule has 110 valence electrons. The molecule has 0 amide bonds. The zero-order valence-electron chi connectivity index (χ0n) is 11.0. The van der Waals surface area contributed by atoms with E-state index in [1.165, 1.54) is 12.1 Å². The average Bonchev–Trinajstić information content (AvgIpc) is 2.46. The fourth-order valence-corrected chi connectivity index (χ4v) is 2.90. The van der Waals surface area contributed by atoms with Crippen molar-refractivity contribution in [2.75, 3.05) is 0 Å². The monoisotopic (exact) mass is 342 g/mol. The summed E-state index contributed by atoms with van der Waals surface area (Å²) in [6, 6.07) is 13.2. The lowest BCUT2D eigenvalue weighted by Crippen LogP contribution is -2.19. The van der Waals surface area contributed by atoms with Crippen LogP contribution in [-0.2, 0) is 10.0 Å². The van der Waals surface area contributed by atoms with Crippen molar-refractivity contribution in [2.45, 2.75) is 11.8 Å². The quantitative estimate of drug-likeness (QED) is 0.682. The zero-order valence-corrected chi connectivity index (χ0v) is 13.4. The second-order valence-corrected chi connectivity index (χ2v) is 6.72. The SMILES string of the molecule is Cc1ccc(S(=O)(=O)N/N=C(/Cl)c2ccccc2Cl)cc1. The van der Waals surface area contributed by atoms with Crippen molar-refractivity contribution in [2.24, 2.45) is 5.10 Å². The molecule has 0 saturated heterocycles. The van der Waals surface area contributed by atoms with E-state index in [0.717, 1.165) is 5.56 Å². The predicted molar refractivity (Wildman–Crippen MR) is 85.3 cm³/mol. The minimum atomic E-state index is -3.76. The molecule has 2 aromatic carbocycles. The summed E-state index contributed by atoms with van der Waals surface area (Å²) in [6.07, 6.45) is 0. The van der Waals surface area contributed by atoms with Gasteiger partial charge < -0.3 is 0 Å². The van der Waals surface area contributed by atoms with Crippen LogP contribution < -0.4 is 4.83 Å². The number of hydrogen-bond donors (Lipinski definition) is 1. The average molecular weight is 343 g/mol. The fraction of sp³-hybridized carbons (Fsp3) is 0.0714. The van der Waals surface area contributed by atoms with E-state index in [9.17, 15) is 8.42 Å². The number of hydrogen-bond acceptors (Lipinski definition) is 3. The van der Waals surface area contributed by atoms with E-state index < -0.39 is 10.0 Å². The molecule has 0 atom stereocenters. The fourth-order valence-electron chi connectivity index (χ4n) is 1.56. The lowest BCUT2D eigenvalue weighted by Gasteiger charge is -2.05. The van der Waals surface area contributed by atoms with Gasteiger partial charge in [0.05, 0.1) is 9.92 Å². The van der Waals surface area contributed by atoms with Crippen molar-refractivity contribution in [3.05, 3.63) is 64.7 Å². The zero-order chi connectivity index (χ0) is 15.5. The summed E-state index contributed by atoms with van der Waals surface area (Å²) in [5.74, 6) is 0. The molecule has 0 unspecified atom stereocenters. The normalized spacial score (nSPS) is 12.2. The molecule has 21 heavy (non-hydrogen) atoms. The highest BCUT2D eigenvalue weighted by atomic mass is 35.5. The van der Waals surface area contributed by atoms with Gasteiger partial charge in [0.1, 0.15) is 0 Å². The first kappa shape index (κ1) is 15.8. The molecule has 0 fully saturated rings. The van der Waals surface area contributed by atoms with Gasteiger partial charge in [0.2, 0.25) is 0 Å². The molecule has 0 aliphatic heterocycles. The van der Waals surface area contributed by atoms with Crippen LogP contribution in [0.5, 0.6) is 0 Å². The van der Waals surface area contributed by atoms with E-state index in [2.05, 4.69) is 9.93 Å². The van der Waals surface area contributed by atoms with Gasteiger partial charge >= 0.3 is 0 Å². The third kappa shape index (κ3) is 3.97. The molecular formula is C14H12Cl2N2O2S. The number of nitrogens with one attached hydrogen (secondary N) is 1. The van der Waals surface area contributed by atoms with Gasteiger partial charge in [-0.25, -0.2) is 0 Å². The molecule has 0 saturated carbocycles. The topological polar surface area (TPSA) is 58.5 Å². The number of sulfonamides is 1. The minimum absolute atomic E-state index is 0.0312. The smallest absolute Gasteiger partial charge is 0.200 e. The van der Waals surface area contributed by atoms with Crippen molar-refractivity contribution >= 4 is 38.4 Å². The van der Waals surface area contributed by atoms with Crippen LogP contribution >= 0.6 is 23.2 Å².